The van der Waals surface area contributed by atoms with E-state index in [0.29, 0.717) is 19.8 Å². The molecule has 0 saturated carbocycles. The van der Waals surface area contributed by atoms with Gasteiger partial charge >= 0.3 is 0 Å². The van der Waals surface area contributed by atoms with Crippen LogP contribution in [0.2, 0.25) is 0 Å². The molecule has 2 aliphatic heterocycles. The zero-order valence-electron chi connectivity index (χ0n) is 7.76. The third-order valence-electron chi connectivity index (χ3n) is 2.87. The number of hydrogen-bond donors (Lipinski definition) is 0. The molecule has 0 spiro atoms. The second-order valence-electron chi connectivity index (χ2n) is 3.68. The van der Waals surface area contributed by atoms with Crippen LogP contribution in [-0.4, -0.2) is 31.2 Å². The molecule has 2 atom stereocenters. The predicted molar refractivity (Wildman–Crippen MR) is 43.9 cm³/mol. The number of fused-ring (bicyclic) bond motifs is 2. The molecule has 70 valence electrons. The van der Waals surface area contributed by atoms with Crippen molar-refractivity contribution in [1.82, 2.24) is 0 Å². The number of ether oxygens (including phenoxy) is 3. The smallest absolute Gasteiger partial charge is 0.192 e. The van der Waals surface area contributed by atoms with Crippen molar-refractivity contribution < 1.29 is 14.2 Å². The lowest BCUT2D eigenvalue weighted by atomic mass is 10.0. The Bertz CT molecular complexity index is 165. The summed E-state index contributed by atoms with van der Waals surface area (Å²) in [6.45, 7) is 6.15. The van der Waals surface area contributed by atoms with Gasteiger partial charge in [0.1, 0.15) is 12.2 Å². The maximum Gasteiger partial charge on any atom is 0.192 e. The molecule has 3 heteroatoms. The molecule has 12 heavy (non-hydrogen) atoms. The summed E-state index contributed by atoms with van der Waals surface area (Å²) in [7, 11) is 0. The molecule has 2 heterocycles. The highest BCUT2D eigenvalue weighted by Gasteiger charge is 2.52. The summed E-state index contributed by atoms with van der Waals surface area (Å²) < 4.78 is 17.1. The average Bonchev–Trinajstić information content (AvgIpc) is 2.41. The van der Waals surface area contributed by atoms with E-state index in [-0.39, 0.29) is 5.60 Å². The Kier molecular flexibility index (Phi) is 1.90. The zero-order valence-corrected chi connectivity index (χ0v) is 7.76. The molecule has 2 fully saturated rings. The standard InChI is InChI=1S/C9H16O3/c1-3-8-5-10-7-9(4-2,12-8)11-6-8/h3-7H2,1-2H3/t8-,9+/m1/s1. The molecule has 2 aliphatic rings. The fourth-order valence-electron chi connectivity index (χ4n) is 1.80. The van der Waals surface area contributed by atoms with Gasteiger partial charge in [-0.05, 0) is 6.42 Å². The molecule has 0 radical (unpaired) electrons. The van der Waals surface area contributed by atoms with Crippen LogP contribution in [0.4, 0.5) is 0 Å². The van der Waals surface area contributed by atoms with E-state index in [2.05, 4.69) is 13.8 Å². The van der Waals surface area contributed by atoms with Crippen molar-refractivity contribution in [3.8, 4) is 0 Å². The van der Waals surface area contributed by atoms with Crippen LogP contribution in [0.25, 0.3) is 0 Å². The molecule has 0 amide bonds. The SMILES string of the molecule is CC[C@@]12COC[C@@](CC)(OC1)O2. The molecular formula is C9H16O3. The Morgan fingerprint density at radius 2 is 1.92 bits per heavy atom. The normalized spacial score (nSPS) is 46.5. The molecule has 0 aliphatic carbocycles. The predicted octanol–water partition coefficient (Wildman–Crippen LogP) is 1.32. The first-order valence-corrected chi connectivity index (χ1v) is 4.66. The highest BCUT2D eigenvalue weighted by Crippen LogP contribution is 2.39. The minimum absolute atomic E-state index is 0.145. The molecule has 2 bridgehead atoms. The Morgan fingerprint density at radius 1 is 1.08 bits per heavy atom. The minimum atomic E-state index is -0.422. The van der Waals surface area contributed by atoms with Crippen molar-refractivity contribution in [3.63, 3.8) is 0 Å². The van der Waals surface area contributed by atoms with Crippen molar-refractivity contribution in [1.29, 1.82) is 0 Å². The average molecular weight is 172 g/mol. The van der Waals surface area contributed by atoms with E-state index < -0.39 is 5.79 Å². The van der Waals surface area contributed by atoms with Crippen molar-refractivity contribution in [2.45, 2.75) is 38.1 Å². The maximum atomic E-state index is 5.92. The maximum absolute atomic E-state index is 5.92. The number of rotatable bonds is 2. The molecule has 0 unspecified atom stereocenters. The first-order valence-electron chi connectivity index (χ1n) is 4.66. The Balaban J connectivity index is 2.16. The van der Waals surface area contributed by atoms with Gasteiger partial charge in [-0.15, -0.1) is 0 Å². The van der Waals surface area contributed by atoms with E-state index >= 15 is 0 Å². The fourth-order valence-corrected chi connectivity index (χ4v) is 1.80. The molecule has 3 nitrogen and oxygen atoms in total. The summed E-state index contributed by atoms with van der Waals surface area (Å²) in [5.74, 6) is -0.422. The van der Waals surface area contributed by atoms with Crippen LogP contribution in [-0.2, 0) is 14.2 Å². The summed E-state index contributed by atoms with van der Waals surface area (Å²) in [6, 6.07) is 0. The topological polar surface area (TPSA) is 27.7 Å². The summed E-state index contributed by atoms with van der Waals surface area (Å²) >= 11 is 0. The molecule has 2 saturated heterocycles. The lowest BCUT2D eigenvalue weighted by Crippen LogP contribution is -2.47. The second kappa shape index (κ2) is 2.69. The van der Waals surface area contributed by atoms with Crippen LogP contribution in [0.5, 0.6) is 0 Å². The molecule has 0 aromatic rings. The summed E-state index contributed by atoms with van der Waals surface area (Å²) in [5, 5.41) is 0. The van der Waals surface area contributed by atoms with Gasteiger partial charge in [0.05, 0.1) is 13.2 Å². The fraction of sp³-hybridized carbons (Fsp3) is 1.00. The van der Waals surface area contributed by atoms with Crippen LogP contribution in [0.3, 0.4) is 0 Å². The first kappa shape index (κ1) is 8.48. The molecule has 2 rings (SSSR count). The summed E-state index contributed by atoms with van der Waals surface area (Å²) in [5.41, 5.74) is -0.145. The van der Waals surface area contributed by atoms with Crippen LogP contribution in [0, 0.1) is 0 Å². The lowest BCUT2D eigenvalue weighted by Gasteiger charge is -2.36. The Hall–Kier alpha value is -0.120. The molecule has 0 N–H and O–H groups in total. The third-order valence-corrected chi connectivity index (χ3v) is 2.87. The van der Waals surface area contributed by atoms with E-state index in [1.165, 1.54) is 0 Å². The molecule has 0 aromatic heterocycles. The summed E-state index contributed by atoms with van der Waals surface area (Å²) in [6.07, 6.45) is 1.84. The molecule has 0 aromatic carbocycles. The van der Waals surface area contributed by atoms with Crippen molar-refractivity contribution >= 4 is 0 Å². The van der Waals surface area contributed by atoms with E-state index in [1.807, 2.05) is 0 Å². The number of hydrogen-bond acceptors (Lipinski definition) is 3. The first-order chi connectivity index (χ1) is 5.74. The van der Waals surface area contributed by atoms with Gasteiger partial charge in [0, 0.05) is 6.42 Å². The largest absolute Gasteiger partial charge is 0.373 e. The highest BCUT2D eigenvalue weighted by atomic mass is 16.8. The van der Waals surface area contributed by atoms with Crippen LogP contribution >= 0.6 is 0 Å². The van der Waals surface area contributed by atoms with Crippen LogP contribution < -0.4 is 0 Å². The summed E-state index contributed by atoms with van der Waals surface area (Å²) in [4.78, 5) is 0. The van der Waals surface area contributed by atoms with E-state index in [1.54, 1.807) is 0 Å². The minimum Gasteiger partial charge on any atom is -0.373 e. The van der Waals surface area contributed by atoms with Gasteiger partial charge in [-0.3, -0.25) is 0 Å². The van der Waals surface area contributed by atoms with Gasteiger partial charge in [0.25, 0.3) is 0 Å². The Morgan fingerprint density at radius 3 is 2.58 bits per heavy atom. The van der Waals surface area contributed by atoms with Gasteiger partial charge in [-0.2, -0.15) is 0 Å². The van der Waals surface area contributed by atoms with Gasteiger partial charge in [0.15, 0.2) is 5.79 Å². The van der Waals surface area contributed by atoms with Crippen LogP contribution in [0.15, 0.2) is 0 Å². The van der Waals surface area contributed by atoms with E-state index in [0.717, 1.165) is 12.8 Å². The quantitative estimate of drug-likeness (QED) is 0.628. The van der Waals surface area contributed by atoms with Crippen molar-refractivity contribution in [2.75, 3.05) is 19.8 Å². The van der Waals surface area contributed by atoms with E-state index in [9.17, 15) is 0 Å². The third kappa shape index (κ3) is 1.08. The Labute approximate surface area is 73.0 Å². The zero-order chi connectivity index (χ0) is 8.66. The van der Waals surface area contributed by atoms with Gasteiger partial charge in [0.2, 0.25) is 0 Å². The molecular weight excluding hydrogens is 156 g/mol. The lowest BCUT2D eigenvalue weighted by molar-refractivity contribution is -0.263. The van der Waals surface area contributed by atoms with Crippen LogP contribution in [0.1, 0.15) is 26.7 Å². The van der Waals surface area contributed by atoms with Gasteiger partial charge in [-0.1, -0.05) is 13.8 Å². The second-order valence-corrected chi connectivity index (χ2v) is 3.68. The highest BCUT2D eigenvalue weighted by molar-refractivity contribution is 4.93. The van der Waals surface area contributed by atoms with Gasteiger partial charge in [-0.25, -0.2) is 0 Å². The van der Waals surface area contributed by atoms with Crippen molar-refractivity contribution in [2.24, 2.45) is 0 Å². The van der Waals surface area contributed by atoms with E-state index in [4.69, 9.17) is 14.2 Å². The monoisotopic (exact) mass is 172 g/mol. The van der Waals surface area contributed by atoms with Gasteiger partial charge < -0.3 is 14.2 Å². The van der Waals surface area contributed by atoms with Crippen molar-refractivity contribution in [3.05, 3.63) is 0 Å².